The van der Waals surface area contributed by atoms with E-state index in [1.54, 1.807) is 36.4 Å². The number of imide groups is 1. The number of nitrogens with two attached hydrogens (primary N) is 1. The van der Waals surface area contributed by atoms with Crippen molar-refractivity contribution in [3.05, 3.63) is 64.1 Å². The highest BCUT2D eigenvalue weighted by molar-refractivity contribution is 8.18. The van der Waals surface area contributed by atoms with Crippen molar-refractivity contribution in [1.29, 1.82) is 0 Å². The minimum absolute atomic E-state index is 0.217. The standard InChI is InChI=1S/C22H21N3O5S/c1-13-3-6-16(9-14(13)2)24-20(27)11-25-21(28)18(31-22(25)29)10-15-4-7-17(8-5-15)30-12-19(23)26/h3-10H,11-12H2,1-2H3,(H2,23,26)(H,24,27)/b18-10-. The van der Waals surface area contributed by atoms with Gasteiger partial charge in [-0.3, -0.25) is 24.1 Å². The molecule has 2 aromatic carbocycles. The Kier molecular flexibility index (Phi) is 6.76. The summed E-state index contributed by atoms with van der Waals surface area (Å²) in [6, 6.07) is 12.1. The maximum absolute atomic E-state index is 12.6. The molecule has 0 aliphatic carbocycles. The monoisotopic (exact) mass is 439 g/mol. The Morgan fingerprint density at radius 1 is 1.10 bits per heavy atom. The predicted octanol–water partition coefficient (Wildman–Crippen LogP) is 2.84. The number of primary amides is 1. The van der Waals surface area contributed by atoms with Crippen molar-refractivity contribution < 1.29 is 23.9 Å². The second-order valence-electron chi connectivity index (χ2n) is 6.94. The SMILES string of the molecule is Cc1ccc(NC(=O)CN2C(=O)S/C(=C\c3ccc(OCC(N)=O)cc3)C2=O)cc1C. The fourth-order valence-corrected chi connectivity index (χ4v) is 3.60. The summed E-state index contributed by atoms with van der Waals surface area (Å²) in [5.41, 5.74) is 8.43. The van der Waals surface area contributed by atoms with Crippen LogP contribution in [0, 0.1) is 13.8 Å². The van der Waals surface area contributed by atoms with E-state index < -0.39 is 23.0 Å². The number of nitrogens with one attached hydrogen (secondary N) is 1. The first kappa shape index (κ1) is 22.1. The fourth-order valence-electron chi connectivity index (χ4n) is 2.77. The summed E-state index contributed by atoms with van der Waals surface area (Å²) in [7, 11) is 0. The van der Waals surface area contributed by atoms with E-state index in [0.717, 1.165) is 27.8 Å². The third-order valence-electron chi connectivity index (χ3n) is 4.52. The molecule has 0 radical (unpaired) electrons. The van der Waals surface area contributed by atoms with Crippen molar-refractivity contribution >= 4 is 46.5 Å². The molecule has 160 valence electrons. The maximum atomic E-state index is 12.6. The van der Waals surface area contributed by atoms with Crippen LogP contribution >= 0.6 is 11.8 Å². The number of nitrogens with zero attached hydrogens (tertiary/aromatic N) is 1. The van der Waals surface area contributed by atoms with Gasteiger partial charge in [0.25, 0.3) is 17.1 Å². The third-order valence-corrected chi connectivity index (χ3v) is 5.43. The number of rotatable bonds is 7. The van der Waals surface area contributed by atoms with Crippen molar-refractivity contribution in [2.24, 2.45) is 5.73 Å². The fraction of sp³-hybridized carbons (Fsp3) is 0.182. The molecule has 3 rings (SSSR count). The summed E-state index contributed by atoms with van der Waals surface area (Å²) in [5.74, 6) is -1.12. The van der Waals surface area contributed by atoms with Crippen molar-refractivity contribution in [1.82, 2.24) is 4.90 Å². The molecule has 0 spiro atoms. The van der Waals surface area contributed by atoms with Crippen LogP contribution in [0.25, 0.3) is 6.08 Å². The topological polar surface area (TPSA) is 119 Å². The van der Waals surface area contributed by atoms with Gasteiger partial charge in [0.05, 0.1) is 4.91 Å². The molecule has 0 bridgehead atoms. The second kappa shape index (κ2) is 9.48. The zero-order valence-electron chi connectivity index (χ0n) is 17.0. The lowest BCUT2D eigenvalue weighted by molar-refractivity contribution is -0.127. The molecule has 4 amide bonds. The normalized spacial score (nSPS) is 14.8. The highest BCUT2D eigenvalue weighted by Crippen LogP contribution is 2.32. The molecular formula is C22H21N3O5S. The van der Waals surface area contributed by atoms with E-state index in [1.165, 1.54) is 0 Å². The number of benzene rings is 2. The van der Waals surface area contributed by atoms with Gasteiger partial charge < -0.3 is 15.8 Å². The van der Waals surface area contributed by atoms with Crippen LogP contribution in [0.5, 0.6) is 5.75 Å². The molecule has 1 aliphatic rings. The van der Waals surface area contributed by atoms with Gasteiger partial charge in [-0.1, -0.05) is 18.2 Å². The van der Waals surface area contributed by atoms with E-state index in [4.69, 9.17) is 10.5 Å². The molecule has 1 heterocycles. The Morgan fingerprint density at radius 3 is 2.45 bits per heavy atom. The molecule has 0 unspecified atom stereocenters. The average molecular weight is 439 g/mol. The third kappa shape index (κ3) is 5.73. The summed E-state index contributed by atoms with van der Waals surface area (Å²) in [6.07, 6.45) is 1.56. The van der Waals surface area contributed by atoms with Crippen molar-refractivity contribution in [3.63, 3.8) is 0 Å². The Labute approximate surface area is 183 Å². The number of aryl methyl sites for hydroxylation is 2. The minimum atomic E-state index is -0.584. The predicted molar refractivity (Wildman–Crippen MR) is 118 cm³/mol. The summed E-state index contributed by atoms with van der Waals surface area (Å²) in [6.45, 7) is 3.30. The van der Waals surface area contributed by atoms with E-state index >= 15 is 0 Å². The molecule has 2 aromatic rings. The lowest BCUT2D eigenvalue weighted by Gasteiger charge is -2.13. The van der Waals surface area contributed by atoms with Gasteiger partial charge in [0.15, 0.2) is 6.61 Å². The number of hydrogen-bond acceptors (Lipinski definition) is 6. The van der Waals surface area contributed by atoms with E-state index in [-0.39, 0.29) is 18.1 Å². The summed E-state index contributed by atoms with van der Waals surface area (Å²) >= 11 is 0.774. The highest BCUT2D eigenvalue weighted by atomic mass is 32.2. The smallest absolute Gasteiger partial charge is 0.294 e. The summed E-state index contributed by atoms with van der Waals surface area (Å²) < 4.78 is 5.18. The molecular weight excluding hydrogens is 418 g/mol. The van der Waals surface area contributed by atoms with Crippen LogP contribution in [-0.2, 0) is 14.4 Å². The lowest BCUT2D eigenvalue weighted by Crippen LogP contribution is -2.36. The Hall–Kier alpha value is -3.59. The largest absolute Gasteiger partial charge is 0.484 e. The van der Waals surface area contributed by atoms with Crippen LogP contribution in [0.15, 0.2) is 47.4 Å². The second-order valence-corrected chi connectivity index (χ2v) is 7.93. The van der Waals surface area contributed by atoms with E-state index in [2.05, 4.69) is 5.32 Å². The molecule has 0 aromatic heterocycles. The highest BCUT2D eigenvalue weighted by Gasteiger charge is 2.36. The quantitative estimate of drug-likeness (QED) is 0.641. The van der Waals surface area contributed by atoms with Gasteiger partial charge in [0.2, 0.25) is 5.91 Å². The first-order valence-corrected chi connectivity index (χ1v) is 10.2. The Balaban J connectivity index is 1.63. The van der Waals surface area contributed by atoms with Gasteiger partial charge in [-0.05, 0) is 72.6 Å². The number of thioether (sulfide) groups is 1. The Morgan fingerprint density at radius 2 is 1.81 bits per heavy atom. The zero-order chi connectivity index (χ0) is 22.5. The van der Waals surface area contributed by atoms with Crippen molar-refractivity contribution in [3.8, 4) is 5.75 Å². The van der Waals surface area contributed by atoms with Gasteiger partial charge >= 0.3 is 0 Å². The van der Waals surface area contributed by atoms with Gasteiger partial charge in [0.1, 0.15) is 12.3 Å². The summed E-state index contributed by atoms with van der Waals surface area (Å²) in [4.78, 5) is 49.1. The number of carbonyl (C=O) groups excluding carboxylic acids is 4. The zero-order valence-corrected chi connectivity index (χ0v) is 17.8. The van der Waals surface area contributed by atoms with Gasteiger partial charge in [-0.2, -0.15) is 0 Å². The van der Waals surface area contributed by atoms with Crippen LogP contribution in [0.2, 0.25) is 0 Å². The summed E-state index contributed by atoms with van der Waals surface area (Å²) in [5, 5.41) is 2.20. The van der Waals surface area contributed by atoms with Crippen molar-refractivity contribution in [2.45, 2.75) is 13.8 Å². The molecule has 0 saturated carbocycles. The number of anilines is 1. The molecule has 0 atom stereocenters. The molecule has 8 nitrogen and oxygen atoms in total. The van der Waals surface area contributed by atoms with Gasteiger partial charge in [-0.15, -0.1) is 0 Å². The van der Waals surface area contributed by atoms with Crippen molar-refractivity contribution in [2.75, 3.05) is 18.5 Å². The van der Waals surface area contributed by atoms with E-state index in [1.807, 2.05) is 26.0 Å². The number of ether oxygens (including phenoxy) is 1. The molecule has 1 aliphatic heterocycles. The van der Waals surface area contributed by atoms with E-state index in [0.29, 0.717) is 17.0 Å². The lowest BCUT2D eigenvalue weighted by atomic mass is 10.1. The Bertz CT molecular complexity index is 1080. The number of amides is 4. The maximum Gasteiger partial charge on any atom is 0.294 e. The van der Waals surface area contributed by atoms with Gasteiger partial charge in [0, 0.05) is 5.69 Å². The van der Waals surface area contributed by atoms with Crippen LogP contribution in [0.4, 0.5) is 10.5 Å². The number of carbonyl (C=O) groups is 4. The molecule has 1 fully saturated rings. The van der Waals surface area contributed by atoms with Gasteiger partial charge in [-0.25, -0.2) is 0 Å². The number of hydrogen-bond donors (Lipinski definition) is 2. The molecule has 9 heteroatoms. The molecule has 31 heavy (non-hydrogen) atoms. The van der Waals surface area contributed by atoms with Crippen LogP contribution < -0.4 is 15.8 Å². The van der Waals surface area contributed by atoms with Crippen LogP contribution in [0.1, 0.15) is 16.7 Å². The van der Waals surface area contributed by atoms with Crippen LogP contribution in [0.3, 0.4) is 0 Å². The van der Waals surface area contributed by atoms with E-state index in [9.17, 15) is 19.2 Å². The molecule has 1 saturated heterocycles. The average Bonchev–Trinajstić information content (AvgIpc) is 2.97. The first-order chi connectivity index (χ1) is 14.7. The van der Waals surface area contributed by atoms with Crippen LogP contribution in [-0.4, -0.2) is 41.0 Å². The molecule has 3 N–H and O–H groups in total. The minimum Gasteiger partial charge on any atom is -0.484 e. The first-order valence-electron chi connectivity index (χ1n) is 9.36.